The van der Waals surface area contributed by atoms with Gasteiger partial charge >= 0.3 is 0 Å². The van der Waals surface area contributed by atoms with Gasteiger partial charge in [-0.25, -0.2) is 17.2 Å². The Morgan fingerprint density at radius 3 is 2.44 bits per heavy atom. The molecule has 0 radical (unpaired) electrons. The molecule has 0 aromatic heterocycles. The maximum absolute atomic E-state index is 13.1. The second-order valence-corrected chi connectivity index (χ2v) is 5.66. The van der Waals surface area contributed by atoms with Crippen LogP contribution in [0.4, 0.5) is 8.78 Å². The quantitative estimate of drug-likeness (QED) is 0.802. The van der Waals surface area contributed by atoms with Crippen LogP contribution in [0.2, 0.25) is 0 Å². The van der Waals surface area contributed by atoms with E-state index in [1.807, 2.05) is 0 Å². The SMILES string of the molecule is CS(=O)(=O)CC(=O)Cc1ccc(F)cc1F. The van der Waals surface area contributed by atoms with Crippen LogP contribution in [0, 0.1) is 11.6 Å². The third-order valence-corrected chi connectivity index (χ3v) is 2.67. The van der Waals surface area contributed by atoms with Gasteiger partial charge in [-0.1, -0.05) is 6.07 Å². The number of rotatable bonds is 4. The molecule has 88 valence electrons. The molecule has 1 rings (SSSR count). The van der Waals surface area contributed by atoms with E-state index in [9.17, 15) is 22.0 Å². The first kappa shape index (κ1) is 12.8. The molecule has 6 heteroatoms. The Bertz CT molecular complexity index is 509. The lowest BCUT2D eigenvalue weighted by molar-refractivity contribution is -0.116. The molecule has 0 N–H and O–H groups in total. The Kier molecular flexibility index (Phi) is 3.74. The second kappa shape index (κ2) is 4.69. The van der Waals surface area contributed by atoms with Crippen molar-refractivity contribution in [3.8, 4) is 0 Å². The predicted octanol–water partition coefficient (Wildman–Crippen LogP) is 1.12. The van der Waals surface area contributed by atoms with Crippen LogP contribution in [-0.2, 0) is 21.1 Å². The van der Waals surface area contributed by atoms with Crippen molar-refractivity contribution in [1.82, 2.24) is 0 Å². The highest BCUT2D eigenvalue weighted by molar-refractivity contribution is 7.91. The van der Waals surface area contributed by atoms with Gasteiger partial charge in [0, 0.05) is 18.7 Å². The predicted molar refractivity (Wildman–Crippen MR) is 54.8 cm³/mol. The molecule has 16 heavy (non-hydrogen) atoms. The van der Waals surface area contributed by atoms with Gasteiger partial charge in [-0.2, -0.15) is 0 Å². The van der Waals surface area contributed by atoms with Crippen molar-refractivity contribution in [2.45, 2.75) is 6.42 Å². The molecule has 0 saturated carbocycles. The maximum atomic E-state index is 13.1. The first-order chi connectivity index (χ1) is 7.28. The second-order valence-electron chi connectivity index (χ2n) is 3.52. The smallest absolute Gasteiger partial charge is 0.154 e. The molecule has 0 aliphatic heterocycles. The van der Waals surface area contributed by atoms with E-state index < -0.39 is 33.0 Å². The summed E-state index contributed by atoms with van der Waals surface area (Å²) in [6.45, 7) is 0. The summed E-state index contributed by atoms with van der Waals surface area (Å²) in [7, 11) is -3.41. The van der Waals surface area contributed by atoms with Crippen LogP contribution in [-0.4, -0.2) is 26.2 Å². The molecule has 3 nitrogen and oxygen atoms in total. The first-order valence-corrected chi connectivity index (χ1v) is 6.47. The number of ketones is 1. The van der Waals surface area contributed by atoms with Gasteiger partial charge in [0.2, 0.25) is 0 Å². The zero-order valence-corrected chi connectivity index (χ0v) is 9.35. The normalized spacial score (nSPS) is 11.4. The minimum absolute atomic E-state index is 0.00458. The fraction of sp³-hybridized carbons (Fsp3) is 0.300. The molecule has 0 atom stereocenters. The number of hydrogen-bond donors (Lipinski definition) is 0. The topological polar surface area (TPSA) is 51.2 Å². The average molecular weight is 248 g/mol. The number of carbonyl (C=O) groups excluding carboxylic acids is 1. The van der Waals surface area contributed by atoms with E-state index in [4.69, 9.17) is 0 Å². The summed E-state index contributed by atoms with van der Waals surface area (Å²) in [5, 5.41) is 0. The Morgan fingerprint density at radius 2 is 1.94 bits per heavy atom. The van der Waals surface area contributed by atoms with Crippen molar-refractivity contribution in [3.05, 3.63) is 35.4 Å². The molecule has 1 aromatic rings. The minimum Gasteiger partial charge on any atom is -0.298 e. The van der Waals surface area contributed by atoms with Crippen molar-refractivity contribution >= 4 is 15.6 Å². The van der Waals surface area contributed by atoms with Crippen LogP contribution in [0.5, 0.6) is 0 Å². The standard InChI is InChI=1S/C10H10F2O3S/c1-16(14,15)6-9(13)4-7-2-3-8(11)5-10(7)12/h2-3,5H,4,6H2,1H3. The zero-order valence-electron chi connectivity index (χ0n) is 8.54. The number of Topliss-reactive ketones (excluding diaryl/α,β-unsaturated/α-hetero) is 1. The van der Waals surface area contributed by atoms with Crippen molar-refractivity contribution in [3.63, 3.8) is 0 Å². The number of carbonyl (C=O) groups is 1. The molecular weight excluding hydrogens is 238 g/mol. The molecule has 0 unspecified atom stereocenters. The molecule has 0 amide bonds. The van der Waals surface area contributed by atoms with Gasteiger partial charge in [-0.15, -0.1) is 0 Å². The summed E-state index contributed by atoms with van der Waals surface area (Å²) in [5.74, 6) is -2.84. The molecule has 0 aliphatic carbocycles. The number of benzene rings is 1. The van der Waals surface area contributed by atoms with E-state index in [1.54, 1.807) is 0 Å². The van der Waals surface area contributed by atoms with Gasteiger partial charge < -0.3 is 0 Å². The molecule has 0 fully saturated rings. The number of halogens is 2. The van der Waals surface area contributed by atoms with Crippen LogP contribution < -0.4 is 0 Å². The van der Waals surface area contributed by atoms with Crippen molar-refractivity contribution in [1.29, 1.82) is 0 Å². The summed E-state index contributed by atoms with van der Waals surface area (Å²) in [6.07, 6.45) is 0.575. The summed E-state index contributed by atoms with van der Waals surface area (Å²) < 4.78 is 47.2. The lowest BCUT2D eigenvalue weighted by Gasteiger charge is -2.02. The van der Waals surface area contributed by atoms with Crippen LogP contribution >= 0.6 is 0 Å². The van der Waals surface area contributed by atoms with Crippen molar-refractivity contribution in [2.24, 2.45) is 0 Å². The third-order valence-electron chi connectivity index (χ3n) is 1.83. The van der Waals surface area contributed by atoms with Gasteiger partial charge in [0.1, 0.15) is 17.4 Å². The largest absolute Gasteiger partial charge is 0.298 e. The lowest BCUT2D eigenvalue weighted by Crippen LogP contribution is -2.17. The Hall–Kier alpha value is -1.30. The first-order valence-electron chi connectivity index (χ1n) is 4.41. The lowest BCUT2D eigenvalue weighted by atomic mass is 10.1. The van der Waals surface area contributed by atoms with E-state index in [0.29, 0.717) is 6.07 Å². The number of sulfone groups is 1. The van der Waals surface area contributed by atoms with Gasteiger partial charge in [-0.3, -0.25) is 4.79 Å². The molecule has 0 aliphatic rings. The highest BCUT2D eigenvalue weighted by Crippen LogP contribution is 2.10. The van der Waals surface area contributed by atoms with E-state index in [-0.39, 0.29) is 12.0 Å². The monoisotopic (exact) mass is 248 g/mol. The average Bonchev–Trinajstić information content (AvgIpc) is 2.06. The van der Waals surface area contributed by atoms with E-state index in [0.717, 1.165) is 18.4 Å². The Labute approximate surface area is 92.0 Å². The summed E-state index contributed by atoms with van der Waals surface area (Å²) in [6, 6.07) is 2.81. The van der Waals surface area contributed by atoms with E-state index in [2.05, 4.69) is 0 Å². The zero-order chi connectivity index (χ0) is 12.3. The minimum atomic E-state index is -3.41. The molecule has 0 spiro atoms. The van der Waals surface area contributed by atoms with Crippen LogP contribution in [0.25, 0.3) is 0 Å². The van der Waals surface area contributed by atoms with Crippen LogP contribution in [0.15, 0.2) is 18.2 Å². The summed E-state index contributed by atoms with van der Waals surface area (Å²) in [5.41, 5.74) is -0.00458. The third kappa shape index (κ3) is 4.06. The molecule has 1 aromatic carbocycles. The number of hydrogen-bond acceptors (Lipinski definition) is 3. The molecule has 0 bridgehead atoms. The van der Waals surface area contributed by atoms with Crippen molar-refractivity contribution in [2.75, 3.05) is 12.0 Å². The van der Waals surface area contributed by atoms with Gasteiger partial charge in [0.05, 0.1) is 0 Å². The summed E-state index contributed by atoms with van der Waals surface area (Å²) >= 11 is 0. The molecule has 0 heterocycles. The maximum Gasteiger partial charge on any atom is 0.154 e. The van der Waals surface area contributed by atoms with Crippen molar-refractivity contribution < 1.29 is 22.0 Å². The van der Waals surface area contributed by atoms with Gasteiger partial charge in [0.25, 0.3) is 0 Å². The van der Waals surface area contributed by atoms with Gasteiger partial charge in [0.15, 0.2) is 15.6 Å². The van der Waals surface area contributed by atoms with E-state index in [1.165, 1.54) is 0 Å². The highest BCUT2D eigenvalue weighted by atomic mass is 32.2. The van der Waals surface area contributed by atoms with Crippen LogP contribution in [0.1, 0.15) is 5.56 Å². The Balaban J connectivity index is 2.78. The fourth-order valence-electron chi connectivity index (χ4n) is 1.22. The van der Waals surface area contributed by atoms with Crippen LogP contribution in [0.3, 0.4) is 0 Å². The molecule has 0 saturated heterocycles. The van der Waals surface area contributed by atoms with Gasteiger partial charge in [-0.05, 0) is 11.6 Å². The fourth-order valence-corrected chi connectivity index (χ4v) is 1.91. The summed E-state index contributed by atoms with van der Waals surface area (Å²) in [4.78, 5) is 11.2. The van der Waals surface area contributed by atoms with E-state index >= 15 is 0 Å². The Morgan fingerprint density at radius 1 is 1.31 bits per heavy atom. The molecular formula is C10H10F2O3S. The highest BCUT2D eigenvalue weighted by Gasteiger charge is 2.14.